The zero-order valence-corrected chi connectivity index (χ0v) is 16.6. The monoisotopic (exact) mass is 350 g/mol. The lowest BCUT2D eigenvalue weighted by Gasteiger charge is -2.54. The highest BCUT2D eigenvalue weighted by molar-refractivity contribution is 5.73. The number of carbonyl (C=O) groups excluding carboxylic acids is 1. The molecule has 0 aromatic heterocycles. The number of amides is 1. The van der Waals surface area contributed by atoms with Crippen LogP contribution in [-0.2, 0) is 4.79 Å². The molecule has 1 amide bonds. The summed E-state index contributed by atoms with van der Waals surface area (Å²) in [5.41, 5.74) is 0.426. The van der Waals surface area contributed by atoms with Gasteiger partial charge < -0.3 is 15.1 Å². The van der Waals surface area contributed by atoms with Crippen LogP contribution in [0.3, 0.4) is 0 Å². The van der Waals surface area contributed by atoms with Crippen molar-refractivity contribution in [3.05, 3.63) is 0 Å². The fraction of sp³-hybridized carbons (Fsp3) is 0.950. The molecule has 1 atom stereocenters. The van der Waals surface area contributed by atoms with E-state index in [1.54, 1.807) is 6.92 Å². The van der Waals surface area contributed by atoms with Crippen molar-refractivity contribution in [3.8, 4) is 0 Å². The van der Waals surface area contributed by atoms with Gasteiger partial charge in [0.05, 0.1) is 0 Å². The van der Waals surface area contributed by atoms with Crippen LogP contribution in [0.15, 0.2) is 0 Å². The summed E-state index contributed by atoms with van der Waals surface area (Å²) in [5, 5.41) is 3.18. The van der Waals surface area contributed by atoms with Crippen LogP contribution in [0, 0.1) is 5.41 Å². The summed E-state index contributed by atoms with van der Waals surface area (Å²) in [6.45, 7) is 16.1. The second kappa shape index (κ2) is 8.36. The molecule has 0 aromatic rings. The molecule has 1 saturated carbocycles. The summed E-state index contributed by atoms with van der Waals surface area (Å²) in [6.07, 6.45) is 6.33. The van der Waals surface area contributed by atoms with Crippen LogP contribution in [0.4, 0.5) is 0 Å². The molecule has 0 aromatic carbocycles. The van der Waals surface area contributed by atoms with E-state index in [0.717, 1.165) is 0 Å². The summed E-state index contributed by atoms with van der Waals surface area (Å²) >= 11 is 0. The fourth-order valence-corrected chi connectivity index (χ4v) is 5.01. The van der Waals surface area contributed by atoms with E-state index in [4.69, 9.17) is 0 Å². The van der Waals surface area contributed by atoms with Gasteiger partial charge in [-0.05, 0) is 77.5 Å². The lowest BCUT2D eigenvalue weighted by Crippen LogP contribution is -2.59. The molecule has 5 nitrogen and oxygen atoms in total. The van der Waals surface area contributed by atoms with Crippen molar-refractivity contribution in [2.45, 2.75) is 65.0 Å². The molecule has 2 aliphatic heterocycles. The molecule has 0 bridgehead atoms. The molecule has 144 valence electrons. The number of rotatable bonds is 6. The van der Waals surface area contributed by atoms with Crippen LogP contribution in [-0.4, -0.2) is 85.0 Å². The number of carbonyl (C=O) groups is 1. The Morgan fingerprint density at radius 1 is 1.00 bits per heavy atom. The van der Waals surface area contributed by atoms with Crippen molar-refractivity contribution >= 4 is 5.91 Å². The Balaban J connectivity index is 1.31. The lowest BCUT2D eigenvalue weighted by atomic mass is 9.59. The third kappa shape index (κ3) is 4.75. The summed E-state index contributed by atoms with van der Waals surface area (Å²) in [6, 6.07) is 1.14. The second-order valence-electron chi connectivity index (χ2n) is 8.82. The van der Waals surface area contributed by atoms with Crippen LogP contribution in [0.5, 0.6) is 0 Å². The highest BCUT2D eigenvalue weighted by atomic mass is 16.1. The minimum absolute atomic E-state index is 0.143. The molecule has 1 unspecified atom stereocenters. The molecule has 2 heterocycles. The van der Waals surface area contributed by atoms with Gasteiger partial charge in [-0.15, -0.1) is 0 Å². The van der Waals surface area contributed by atoms with E-state index in [-0.39, 0.29) is 5.91 Å². The van der Waals surface area contributed by atoms with Crippen LogP contribution in [0.1, 0.15) is 52.9 Å². The molecule has 3 fully saturated rings. The Morgan fingerprint density at radius 3 is 2.08 bits per heavy atom. The smallest absolute Gasteiger partial charge is 0.217 e. The van der Waals surface area contributed by atoms with Gasteiger partial charge in [0.25, 0.3) is 0 Å². The van der Waals surface area contributed by atoms with Crippen molar-refractivity contribution in [1.29, 1.82) is 0 Å². The van der Waals surface area contributed by atoms with Gasteiger partial charge >= 0.3 is 0 Å². The minimum Gasteiger partial charge on any atom is -0.353 e. The van der Waals surface area contributed by atoms with Crippen LogP contribution >= 0.6 is 0 Å². The zero-order valence-electron chi connectivity index (χ0n) is 16.6. The summed E-state index contributed by atoms with van der Waals surface area (Å²) in [7, 11) is 0. The number of piperazine rings is 1. The first-order chi connectivity index (χ1) is 12.0. The quantitative estimate of drug-likeness (QED) is 0.793. The maximum absolute atomic E-state index is 11.4. The maximum atomic E-state index is 11.4. The van der Waals surface area contributed by atoms with Crippen LogP contribution < -0.4 is 5.32 Å². The molecular formula is C20H38N4O. The highest BCUT2D eigenvalue weighted by Crippen LogP contribution is 2.49. The third-order valence-corrected chi connectivity index (χ3v) is 6.99. The number of likely N-dealkylation sites (tertiary alicyclic amines) is 1. The fourth-order valence-electron chi connectivity index (χ4n) is 5.01. The average Bonchev–Trinajstić information content (AvgIpc) is 2.60. The van der Waals surface area contributed by atoms with Gasteiger partial charge in [-0.3, -0.25) is 9.69 Å². The SMILES string of the molecule is CC(=O)NC1CCC12CCN(CCCN1CCN(C(C)C)CC1)CC2. The standard InChI is InChI=1S/C20H38N4O/c1-17(2)24-15-13-23(14-16-24)10-4-9-22-11-7-20(8-12-22)6-5-19(20)21-18(3)25/h17,19H,4-16H2,1-3H3,(H,21,25). The summed E-state index contributed by atoms with van der Waals surface area (Å²) in [5.74, 6) is 0.143. The zero-order chi connectivity index (χ0) is 17.9. The van der Waals surface area contributed by atoms with E-state index in [2.05, 4.69) is 33.9 Å². The van der Waals surface area contributed by atoms with Crippen molar-refractivity contribution in [3.63, 3.8) is 0 Å². The van der Waals surface area contributed by atoms with Gasteiger partial charge in [0.15, 0.2) is 0 Å². The molecule has 1 aliphatic carbocycles. The average molecular weight is 351 g/mol. The maximum Gasteiger partial charge on any atom is 0.217 e. The van der Waals surface area contributed by atoms with Gasteiger partial charge in [-0.25, -0.2) is 0 Å². The van der Waals surface area contributed by atoms with E-state index in [9.17, 15) is 4.79 Å². The Bertz CT molecular complexity index is 437. The van der Waals surface area contributed by atoms with Crippen molar-refractivity contribution < 1.29 is 4.79 Å². The predicted octanol–water partition coefficient (Wildman–Crippen LogP) is 1.78. The summed E-state index contributed by atoms with van der Waals surface area (Å²) < 4.78 is 0. The third-order valence-electron chi connectivity index (χ3n) is 6.99. The molecule has 5 heteroatoms. The van der Waals surface area contributed by atoms with Crippen molar-refractivity contribution in [1.82, 2.24) is 20.0 Å². The summed E-state index contributed by atoms with van der Waals surface area (Å²) in [4.78, 5) is 19.2. The lowest BCUT2D eigenvalue weighted by molar-refractivity contribution is -0.123. The first-order valence-corrected chi connectivity index (χ1v) is 10.4. The minimum atomic E-state index is 0.143. The number of nitrogens with zero attached hydrogens (tertiary/aromatic N) is 3. The first-order valence-electron chi connectivity index (χ1n) is 10.4. The topological polar surface area (TPSA) is 38.8 Å². The highest BCUT2D eigenvalue weighted by Gasteiger charge is 2.48. The largest absolute Gasteiger partial charge is 0.353 e. The molecule has 25 heavy (non-hydrogen) atoms. The first kappa shape index (κ1) is 19.1. The van der Waals surface area contributed by atoms with Crippen molar-refractivity contribution in [2.75, 3.05) is 52.4 Å². The van der Waals surface area contributed by atoms with E-state index in [1.807, 2.05) is 0 Å². The van der Waals surface area contributed by atoms with Gasteiger partial charge in [0.2, 0.25) is 5.91 Å². The molecule has 3 aliphatic rings. The molecule has 1 spiro atoms. The molecule has 0 radical (unpaired) electrons. The molecule has 2 saturated heterocycles. The van der Waals surface area contributed by atoms with E-state index >= 15 is 0 Å². The molecule has 3 rings (SSSR count). The second-order valence-corrected chi connectivity index (χ2v) is 8.82. The predicted molar refractivity (Wildman–Crippen MR) is 103 cm³/mol. The molecular weight excluding hydrogens is 312 g/mol. The van der Waals surface area contributed by atoms with E-state index in [0.29, 0.717) is 17.5 Å². The van der Waals surface area contributed by atoms with Crippen LogP contribution in [0.25, 0.3) is 0 Å². The Labute approximate surface area is 154 Å². The van der Waals surface area contributed by atoms with Crippen molar-refractivity contribution in [2.24, 2.45) is 5.41 Å². The number of piperidine rings is 1. The van der Waals surface area contributed by atoms with Gasteiger partial charge in [0.1, 0.15) is 0 Å². The van der Waals surface area contributed by atoms with Gasteiger partial charge in [-0.2, -0.15) is 0 Å². The number of nitrogens with one attached hydrogen (secondary N) is 1. The number of hydrogen-bond acceptors (Lipinski definition) is 4. The molecule has 1 N–H and O–H groups in total. The Morgan fingerprint density at radius 2 is 1.60 bits per heavy atom. The van der Waals surface area contributed by atoms with E-state index < -0.39 is 0 Å². The number of hydrogen-bond donors (Lipinski definition) is 1. The van der Waals surface area contributed by atoms with Gasteiger partial charge in [0, 0.05) is 45.2 Å². The Kier molecular flexibility index (Phi) is 6.39. The van der Waals surface area contributed by atoms with Gasteiger partial charge in [-0.1, -0.05) is 0 Å². The van der Waals surface area contributed by atoms with E-state index in [1.165, 1.54) is 84.5 Å². The Hall–Kier alpha value is -0.650. The van der Waals surface area contributed by atoms with Crippen LogP contribution in [0.2, 0.25) is 0 Å². The normalized spacial score (nSPS) is 28.2.